The lowest BCUT2D eigenvalue weighted by atomic mass is 10.1. The average molecular weight is 511 g/mol. The van der Waals surface area contributed by atoms with Crippen molar-refractivity contribution in [2.24, 2.45) is 7.05 Å². The summed E-state index contributed by atoms with van der Waals surface area (Å²) in [5, 5.41) is 0.737. The van der Waals surface area contributed by atoms with E-state index < -0.39 is 0 Å². The molecule has 0 N–H and O–H groups in total. The summed E-state index contributed by atoms with van der Waals surface area (Å²) in [6.07, 6.45) is 3.26. The van der Waals surface area contributed by atoms with E-state index in [1.54, 1.807) is 75.6 Å². The van der Waals surface area contributed by atoms with E-state index in [9.17, 15) is 9.59 Å². The molecule has 0 amide bonds. The highest BCUT2D eigenvalue weighted by atomic mass is 16.5. The Balaban J connectivity index is 1.37. The van der Waals surface area contributed by atoms with Gasteiger partial charge in [0.25, 0.3) is 5.56 Å². The number of para-hydroxylation sites is 1. The zero-order chi connectivity index (χ0) is 26.8. The van der Waals surface area contributed by atoms with Gasteiger partial charge < -0.3 is 14.2 Å². The van der Waals surface area contributed by atoms with Crippen LogP contribution in [0.1, 0.15) is 21.6 Å². The summed E-state index contributed by atoms with van der Waals surface area (Å²) >= 11 is 0. The molecule has 0 unspecified atom stereocenters. The normalized spacial score (nSPS) is 10.9. The van der Waals surface area contributed by atoms with E-state index in [2.05, 4.69) is 9.97 Å². The number of carbonyl (C=O) groups is 1. The number of ketones is 1. The minimum absolute atomic E-state index is 0.0390. The van der Waals surface area contributed by atoms with Crippen molar-refractivity contribution in [2.75, 3.05) is 14.2 Å². The Kier molecular flexibility index (Phi) is 6.66. The predicted molar refractivity (Wildman–Crippen MR) is 143 cm³/mol. The molecular formula is C29H26N4O5. The lowest BCUT2D eigenvalue weighted by molar-refractivity contribution is 0.0991. The van der Waals surface area contributed by atoms with E-state index >= 15 is 0 Å². The third-order valence-corrected chi connectivity index (χ3v) is 6.42. The number of aromatic nitrogens is 4. The van der Waals surface area contributed by atoms with E-state index in [1.165, 1.54) is 4.68 Å². The maximum Gasteiger partial charge on any atom is 0.282 e. The highest BCUT2D eigenvalue weighted by Gasteiger charge is 2.22. The van der Waals surface area contributed by atoms with Gasteiger partial charge in [-0.25, -0.2) is 9.67 Å². The molecule has 0 saturated heterocycles. The molecule has 3 heterocycles. The molecule has 0 spiro atoms. The second kappa shape index (κ2) is 10.2. The molecule has 0 bridgehead atoms. The van der Waals surface area contributed by atoms with Crippen LogP contribution in [-0.4, -0.2) is 39.3 Å². The topological polar surface area (TPSA) is 97.5 Å². The quantitative estimate of drug-likeness (QED) is 0.280. The Labute approximate surface area is 218 Å². The van der Waals surface area contributed by atoms with E-state index in [0.29, 0.717) is 45.6 Å². The van der Waals surface area contributed by atoms with Crippen LogP contribution in [0.15, 0.2) is 77.9 Å². The maximum absolute atomic E-state index is 13.2. The lowest BCUT2D eigenvalue weighted by Crippen LogP contribution is -2.23. The van der Waals surface area contributed by atoms with Crippen LogP contribution >= 0.6 is 0 Å². The van der Waals surface area contributed by atoms with Gasteiger partial charge in [-0.05, 0) is 36.8 Å². The number of benzene rings is 2. The van der Waals surface area contributed by atoms with Crippen molar-refractivity contribution in [2.45, 2.75) is 13.3 Å². The molecule has 0 aliphatic rings. The van der Waals surface area contributed by atoms with Crippen molar-refractivity contribution < 1.29 is 19.0 Å². The van der Waals surface area contributed by atoms with E-state index in [0.717, 1.165) is 5.39 Å². The van der Waals surface area contributed by atoms with Crippen LogP contribution in [0.3, 0.4) is 0 Å². The molecule has 0 aliphatic carbocycles. The second-order valence-electron chi connectivity index (χ2n) is 8.68. The molecule has 3 aromatic heterocycles. The van der Waals surface area contributed by atoms with Crippen LogP contribution in [0, 0.1) is 6.92 Å². The van der Waals surface area contributed by atoms with Gasteiger partial charge in [0, 0.05) is 49.1 Å². The summed E-state index contributed by atoms with van der Waals surface area (Å²) in [4.78, 5) is 35.1. The summed E-state index contributed by atoms with van der Waals surface area (Å²) in [7, 11) is 4.90. The van der Waals surface area contributed by atoms with Crippen LogP contribution in [0.5, 0.6) is 23.1 Å². The molecule has 0 fully saturated rings. The SMILES string of the molecule is COc1cc2nccc(Oc3ccc(CC(=O)c4c(C)n(C)n(-c5ccccc5)c4=O)cn3)c2cc1OC. The minimum Gasteiger partial charge on any atom is -0.493 e. The highest BCUT2D eigenvalue weighted by Crippen LogP contribution is 2.36. The Hall–Kier alpha value is -4.92. The van der Waals surface area contributed by atoms with E-state index in [4.69, 9.17) is 14.2 Å². The van der Waals surface area contributed by atoms with Crippen molar-refractivity contribution in [1.29, 1.82) is 0 Å². The van der Waals surface area contributed by atoms with Gasteiger partial charge in [0.1, 0.15) is 11.3 Å². The number of carbonyl (C=O) groups excluding carboxylic acids is 1. The maximum atomic E-state index is 13.2. The number of hydrogen-bond acceptors (Lipinski definition) is 7. The number of ether oxygens (including phenoxy) is 3. The first kappa shape index (κ1) is 24.8. The van der Waals surface area contributed by atoms with Crippen LogP contribution < -0.4 is 19.8 Å². The number of nitrogens with zero attached hydrogens (tertiary/aromatic N) is 4. The van der Waals surface area contributed by atoms with Crippen LogP contribution in [0.4, 0.5) is 0 Å². The standard InChI is InChI=1S/C29H26N4O5/c1-18-28(29(35)33(32(18)2)20-8-6-5-7-9-20)23(34)14-19-10-11-27(31-17-19)38-24-12-13-30-22-16-26(37-4)25(36-3)15-21(22)24/h5-13,15-17H,14H2,1-4H3. The summed E-state index contributed by atoms with van der Waals surface area (Å²) in [6, 6.07) is 18.0. The third kappa shape index (κ3) is 4.50. The van der Waals surface area contributed by atoms with Gasteiger partial charge in [0.15, 0.2) is 17.3 Å². The second-order valence-corrected chi connectivity index (χ2v) is 8.68. The Morgan fingerprint density at radius 1 is 0.921 bits per heavy atom. The van der Waals surface area contributed by atoms with Gasteiger partial charge in [0.05, 0.1) is 25.4 Å². The largest absolute Gasteiger partial charge is 0.493 e. The number of Topliss-reactive ketones (excluding diaryl/α,β-unsaturated/α-hetero) is 1. The molecule has 0 aliphatic heterocycles. The fourth-order valence-electron chi connectivity index (χ4n) is 4.39. The van der Waals surface area contributed by atoms with Crippen molar-refractivity contribution in [1.82, 2.24) is 19.3 Å². The summed E-state index contributed by atoms with van der Waals surface area (Å²) < 4.78 is 20.0. The molecule has 0 saturated carbocycles. The van der Waals surface area contributed by atoms with Gasteiger partial charge in [-0.15, -0.1) is 0 Å². The number of pyridine rings is 2. The van der Waals surface area contributed by atoms with E-state index in [-0.39, 0.29) is 23.3 Å². The van der Waals surface area contributed by atoms with Crippen molar-refractivity contribution in [3.8, 4) is 28.8 Å². The molecular weight excluding hydrogens is 484 g/mol. The number of fused-ring (bicyclic) bond motifs is 1. The zero-order valence-corrected chi connectivity index (χ0v) is 21.5. The highest BCUT2D eigenvalue weighted by molar-refractivity contribution is 5.98. The van der Waals surface area contributed by atoms with Crippen molar-refractivity contribution >= 4 is 16.7 Å². The van der Waals surface area contributed by atoms with Crippen LogP contribution in [-0.2, 0) is 13.5 Å². The lowest BCUT2D eigenvalue weighted by Gasteiger charge is -2.12. The van der Waals surface area contributed by atoms with Gasteiger partial charge in [-0.3, -0.25) is 19.3 Å². The molecule has 38 heavy (non-hydrogen) atoms. The third-order valence-electron chi connectivity index (χ3n) is 6.42. The van der Waals surface area contributed by atoms with Gasteiger partial charge in [-0.2, -0.15) is 0 Å². The first-order valence-corrected chi connectivity index (χ1v) is 11.9. The molecule has 5 aromatic rings. The molecule has 2 aromatic carbocycles. The van der Waals surface area contributed by atoms with Crippen LogP contribution in [0.25, 0.3) is 16.6 Å². The molecule has 192 valence electrons. The van der Waals surface area contributed by atoms with Crippen molar-refractivity contribution in [3.63, 3.8) is 0 Å². The summed E-state index contributed by atoms with van der Waals surface area (Å²) in [5.74, 6) is 1.76. The molecule has 9 nitrogen and oxygen atoms in total. The fourth-order valence-corrected chi connectivity index (χ4v) is 4.39. The summed E-state index contributed by atoms with van der Waals surface area (Å²) in [5.41, 5.74) is 2.48. The Bertz CT molecular complexity index is 1690. The van der Waals surface area contributed by atoms with Crippen LogP contribution in [0.2, 0.25) is 0 Å². The monoisotopic (exact) mass is 510 g/mol. The number of rotatable bonds is 8. The molecule has 5 rings (SSSR count). The molecule has 9 heteroatoms. The Morgan fingerprint density at radius 2 is 1.66 bits per heavy atom. The van der Waals surface area contributed by atoms with Crippen molar-refractivity contribution in [3.05, 3.63) is 100 Å². The summed E-state index contributed by atoms with van der Waals surface area (Å²) in [6.45, 7) is 1.77. The molecule has 0 atom stereocenters. The average Bonchev–Trinajstić information content (AvgIpc) is 3.16. The predicted octanol–water partition coefficient (Wildman–Crippen LogP) is 4.66. The Morgan fingerprint density at radius 3 is 2.34 bits per heavy atom. The number of methoxy groups -OCH3 is 2. The zero-order valence-electron chi connectivity index (χ0n) is 21.5. The van der Waals surface area contributed by atoms with Gasteiger partial charge >= 0.3 is 0 Å². The molecule has 0 radical (unpaired) electrons. The first-order chi connectivity index (χ1) is 18.4. The minimum atomic E-state index is -0.342. The fraction of sp³-hybridized carbons (Fsp3) is 0.172. The van der Waals surface area contributed by atoms with Gasteiger partial charge in [0.2, 0.25) is 5.88 Å². The van der Waals surface area contributed by atoms with E-state index in [1.807, 2.05) is 30.3 Å². The first-order valence-electron chi connectivity index (χ1n) is 11.9. The number of hydrogen-bond donors (Lipinski definition) is 0. The smallest absolute Gasteiger partial charge is 0.282 e. The van der Waals surface area contributed by atoms with Gasteiger partial charge in [-0.1, -0.05) is 24.3 Å².